The minimum atomic E-state index is -0.0660. The van der Waals surface area contributed by atoms with Crippen LogP contribution < -0.4 is 5.32 Å². The third-order valence-electron chi connectivity index (χ3n) is 1.93. The summed E-state index contributed by atoms with van der Waals surface area (Å²) in [4.78, 5) is 12.0. The van der Waals surface area contributed by atoms with Crippen molar-refractivity contribution < 1.29 is 4.79 Å². The Hall–Kier alpha value is -1.23. The topological polar surface area (TPSA) is 54.9 Å². The molecule has 0 saturated carbocycles. The van der Waals surface area contributed by atoms with Gasteiger partial charge in [0.25, 0.3) is 5.91 Å². The van der Waals surface area contributed by atoms with E-state index < -0.39 is 0 Å². The molecule has 1 aliphatic rings. The second kappa shape index (κ2) is 3.66. The number of amides is 1. The molecule has 1 heterocycles. The number of rotatable bonds is 2. The van der Waals surface area contributed by atoms with Gasteiger partial charge in [-0.15, -0.1) is 5.10 Å². The Bertz CT molecular complexity index is 312. The number of nitrogens with zero attached hydrogens (tertiary/aromatic N) is 2. The predicted molar refractivity (Wildman–Crippen MR) is 49.5 cm³/mol. The maximum atomic E-state index is 11.5. The van der Waals surface area contributed by atoms with Crippen LogP contribution in [0.25, 0.3) is 0 Å². The highest BCUT2D eigenvalue weighted by molar-refractivity contribution is 7.07. The summed E-state index contributed by atoms with van der Waals surface area (Å²) < 4.78 is 3.63. The zero-order valence-corrected chi connectivity index (χ0v) is 7.75. The van der Waals surface area contributed by atoms with Crippen molar-refractivity contribution >= 4 is 17.4 Å². The maximum Gasteiger partial charge on any atom is 0.264 e. The van der Waals surface area contributed by atoms with Crippen molar-refractivity contribution in [2.45, 2.75) is 18.9 Å². The first-order valence-electron chi connectivity index (χ1n) is 4.09. The molecule has 1 N–H and O–H groups in total. The molecule has 5 heteroatoms. The van der Waals surface area contributed by atoms with Crippen molar-refractivity contribution in [1.29, 1.82) is 0 Å². The van der Waals surface area contributed by atoms with Crippen LogP contribution in [0.3, 0.4) is 0 Å². The van der Waals surface area contributed by atoms with Gasteiger partial charge in [0.05, 0.1) is 6.20 Å². The smallest absolute Gasteiger partial charge is 0.264 e. The Morgan fingerprint density at radius 1 is 1.54 bits per heavy atom. The average Bonchev–Trinajstić information content (AvgIpc) is 2.74. The Morgan fingerprint density at radius 3 is 2.92 bits per heavy atom. The van der Waals surface area contributed by atoms with Crippen LogP contribution in [-0.2, 0) is 0 Å². The second-order valence-electron chi connectivity index (χ2n) is 2.89. The molecule has 0 radical (unpaired) electrons. The lowest BCUT2D eigenvalue weighted by Gasteiger charge is -2.09. The van der Waals surface area contributed by atoms with Crippen LogP contribution in [0, 0.1) is 0 Å². The van der Waals surface area contributed by atoms with E-state index in [9.17, 15) is 4.79 Å². The zero-order chi connectivity index (χ0) is 9.10. The second-order valence-corrected chi connectivity index (χ2v) is 3.68. The molecule has 0 spiro atoms. The molecule has 4 nitrogen and oxygen atoms in total. The van der Waals surface area contributed by atoms with E-state index in [1.165, 1.54) is 6.20 Å². The van der Waals surface area contributed by atoms with Gasteiger partial charge < -0.3 is 5.32 Å². The molecule has 0 fully saturated rings. The summed E-state index contributed by atoms with van der Waals surface area (Å²) in [5.41, 5.74) is 0. The van der Waals surface area contributed by atoms with Gasteiger partial charge >= 0.3 is 0 Å². The van der Waals surface area contributed by atoms with E-state index in [4.69, 9.17) is 0 Å². The molecule has 68 valence electrons. The monoisotopic (exact) mass is 195 g/mol. The third-order valence-corrected chi connectivity index (χ3v) is 2.59. The molecule has 2 rings (SSSR count). The van der Waals surface area contributed by atoms with E-state index in [0.29, 0.717) is 4.88 Å². The van der Waals surface area contributed by atoms with Crippen molar-refractivity contribution in [3.63, 3.8) is 0 Å². The van der Waals surface area contributed by atoms with Crippen LogP contribution in [0.4, 0.5) is 0 Å². The SMILES string of the molecule is O=C(NC1CC=CC1)c1cnns1. The molecule has 0 saturated heterocycles. The normalized spacial score (nSPS) is 16.3. The van der Waals surface area contributed by atoms with Crippen molar-refractivity contribution in [3.05, 3.63) is 23.2 Å². The number of hydrogen-bond acceptors (Lipinski definition) is 4. The van der Waals surface area contributed by atoms with Crippen molar-refractivity contribution in [1.82, 2.24) is 14.9 Å². The van der Waals surface area contributed by atoms with Crippen LogP contribution in [-0.4, -0.2) is 21.5 Å². The summed E-state index contributed by atoms with van der Waals surface area (Å²) >= 11 is 1.12. The molecule has 1 amide bonds. The third kappa shape index (κ3) is 1.92. The van der Waals surface area contributed by atoms with Crippen LogP contribution in [0.15, 0.2) is 18.3 Å². The fraction of sp³-hybridized carbons (Fsp3) is 0.375. The lowest BCUT2D eigenvalue weighted by atomic mass is 10.2. The molecule has 0 atom stereocenters. The quantitative estimate of drug-likeness (QED) is 0.716. The van der Waals surface area contributed by atoms with Crippen LogP contribution in [0.2, 0.25) is 0 Å². The van der Waals surface area contributed by atoms with Crippen LogP contribution >= 0.6 is 11.5 Å². The molecule has 0 aromatic carbocycles. The Labute approximate surface area is 79.8 Å². The molecular formula is C8H9N3OS. The summed E-state index contributed by atoms with van der Waals surface area (Å²) in [6.45, 7) is 0. The van der Waals surface area contributed by atoms with Crippen LogP contribution in [0.1, 0.15) is 22.5 Å². The first-order valence-corrected chi connectivity index (χ1v) is 4.87. The van der Waals surface area contributed by atoms with E-state index in [1.807, 2.05) is 0 Å². The van der Waals surface area contributed by atoms with Gasteiger partial charge in [0.1, 0.15) is 4.88 Å². The van der Waals surface area contributed by atoms with Gasteiger partial charge in [0, 0.05) is 6.04 Å². The van der Waals surface area contributed by atoms with Crippen molar-refractivity contribution in [3.8, 4) is 0 Å². The van der Waals surface area contributed by atoms with E-state index in [2.05, 4.69) is 27.1 Å². The largest absolute Gasteiger partial charge is 0.348 e. The molecule has 13 heavy (non-hydrogen) atoms. The summed E-state index contributed by atoms with van der Waals surface area (Å²) in [5, 5.41) is 6.52. The van der Waals surface area contributed by atoms with Crippen LogP contribution in [0.5, 0.6) is 0 Å². The standard InChI is InChI=1S/C8H9N3OS/c12-8(7-5-9-11-13-7)10-6-3-1-2-4-6/h1-2,5-6H,3-4H2,(H,10,12). The molecular weight excluding hydrogens is 186 g/mol. The minimum Gasteiger partial charge on any atom is -0.348 e. The fourth-order valence-electron chi connectivity index (χ4n) is 1.26. The highest BCUT2D eigenvalue weighted by atomic mass is 32.1. The maximum absolute atomic E-state index is 11.5. The van der Waals surface area contributed by atoms with E-state index >= 15 is 0 Å². The fourth-order valence-corrected chi connectivity index (χ4v) is 1.68. The summed E-state index contributed by atoms with van der Waals surface area (Å²) in [6, 6.07) is 0.259. The van der Waals surface area contributed by atoms with Gasteiger partial charge in [-0.25, -0.2) is 0 Å². The number of hydrogen-bond donors (Lipinski definition) is 1. The average molecular weight is 195 g/mol. The molecule has 1 aromatic rings. The Balaban J connectivity index is 1.92. The van der Waals surface area contributed by atoms with E-state index in [1.54, 1.807) is 0 Å². The lowest BCUT2D eigenvalue weighted by molar-refractivity contribution is 0.0943. The molecule has 0 aliphatic heterocycles. The molecule has 0 unspecified atom stereocenters. The number of nitrogens with one attached hydrogen (secondary N) is 1. The van der Waals surface area contributed by atoms with Gasteiger partial charge in [-0.3, -0.25) is 4.79 Å². The number of aromatic nitrogens is 2. The zero-order valence-electron chi connectivity index (χ0n) is 6.93. The van der Waals surface area contributed by atoms with Gasteiger partial charge in [0.15, 0.2) is 0 Å². The highest BCUT2D eigenvalue weighted by Gasteiger charge is 2.15. The van der Waals surface area contributed by atoms with Gasteiger partial charge in [-0.2, -0.15) is 0 Å². The van der Waals surface area contributed by atoms with Gasteiger partial charge in [-0.1, -0.05) is 16.6 Å². The lowest BCUT2D eigenvalue weighted by Crippen LogP contribution is -2.32. The molecule has 1 aromatic heterocycles. The van der Waals surface area contributed by atoms with E-state index in [0.717, 1.165) is 24.4 Å². The van der Waals surface area contributed by atoms with Gasteiger partial charge in [0.2, 0.25) is 0 Å². The minimum absolute atomic E-state index is 0.0660. The Morgan fingerprint density at radius 2 is 2.31 bits per heavy atom. The number of carbonyl (C=O) groups is 1. The van der Waals surface area contributed by atoms with Crippen molar-refractivity contribution in [2.24, 2.45) is 0 Å². The van der Waals surface area contributed by atoms with Crippen molar-refractivity contribution in [2.75, 3.05) is 0 Å². The predicted octanol–water partition coefficient (Wildman–Crippen LogP) is 0.986. The summed E-state index contributed by atoms with van der Waals surface area (Å²) in [7, 11) is 0. The van der Waals surface area contributed by atoms with Gasteiger partial charge in [-0.05, 0) is 24.4 Å². The first kappa shape index (κ1) is 8.37. The first-order chi connectivity index (χ1) is 6.36. The van der Waals surface area contributed by atoms with E-state index in [-0.39, 0.29) is 11.9 Å². The highest BCUT2D eigenvalue weighted by Crippen LogP contribution is 2.10. The summed E-state index contributed by atoms with van der Waals surface area (Å²) in [6.07, 6.45) is 7.50. The Kier molecular flexibility index (Phi) is 2.35. The molecule has 1 aliphatic carbocycles. The number of carbonyl (C=O) groups excluding carboxylic acids is 1. The summed E-state index contributed by atoms with van der Waals surface area (Å²) in [5.74, 6) is -0.0660. The molecule has 0 bridgehead atoms.